The van der Waals surface area contributed by atoms with Crippen molar-refractivity contribution in [2.75, 3.05) is 0 Å². The van der Waals surface area contributed by atoms with E-state index in [2.05, 4.69) is 0 Å². The molecule has 0 spiro atoms. The van der Waals surface area contributed by atoms with Crippen LogP contribution < -0.4 is 0 Å². The van der Waals surface area contributed by atoms with Crippen LogP contribution in [0.3, 0.4) is 0 Å². The number of carbonyl (C=O) groups is 2. The summed E-state index contributed by atoms with van der Waals surface area (Å²) in [6.07, 6.45) is -0.0635. The Morgan fingerprint density at radius 2 is 1.81 bits per heavy atom. The van der Waals surface area contributed by atoms with Crippen LogP contribution in [0.1, 0.15) is 12.5 Å². The molecule has 5 heteroatoms. The molecule has 0 bridgehead atoms. The second-order valence-corrected chi connectivity index (χ2v) is 4.22. The smallest absolute Gasteiger partial charge is 0.313 e. The van der Waals surface area contributed by atoms with Crippen LogP contribution in [0, 0.1) is 5.92 Å². The molecular formula is C11H10Cl2O3. The molecular weight excluding hydrogens is 251 g/mol. The zero-order chi connectivity index (χ0) is 12.3. The fourth-order valence-corrected chi connectivity index (χ4v) is 1.70. The first-order valence-corrected chi connectivity index (χ1v) is 5.37. The molecule has 1 atom stereocenters. The molecule has 0 aliphatic rings. The maximum atomic E-state index is 11.6. The van der Waals surface area contributed by atoms with Gasteiger partial charge in [0, 0.05) is 16.5 Å². The van der Waals surface area contributed by atoms with E-state index in [9.17, 15) is 9.59 Å². The highest BCUT2D eigenvalue weighted by molar-refractivity contribution is 6.36. The average Bonchev–Trinajstić information content (AvgIpc) is 2.22. The molecule has 1 rings (SSSR count). The van der Waals surface area contributed by atoms with Gasteiger partial charge in [0.05, 0.1) is 0 Å². The number of carboxylic acids is 1. The van der Waals surface area contributed by atoms with Crippen molar-refractivity contribution in [1.29, 1.82) is 0 Å². The topological polar surface area (TPSA) is 54.4 Å². The van der Waals surface area contributed by atoms with Crippen molar-refractivity contribution >= 4 is 35.0 Å². The number of carbonyl (C=O) groups excluding carboxylic acids is 1. The number of rotatable bonds is 4. The Balaban J connectivity index is 2.89. The molecule has 0 saturated heterocycles. The molecule has 3 nitrogen and oxygen atoms in total. The number of ketones is 1. The fraction of sp³-hybridized carbons (Fsp3) is 0.273. The third-order valence-corrected chi connectivity index (χ3v) is 2.97. The Hall–Kier alpha value is -1.06. The molecule has 1 N–H and O–H groups in total. The summed E-state index contributed by atoms with van der Waals surface area (Å²) in [5.41, 5.74) is 0.476. The zero-order valence-corrected chi connectivity index (χ0v) is 10.0. The Kier molecular flexibility index (Phi) is 4.33. The van der Waals surface area contributed by atoms with Crippen molar-refractivity contribution in [2.45, 2.75) is 13.3 Å². The normalized spacial score (nSPS) is 12.2. The number of benzene rings is 1. The van der Waals surface area contributed by atoms with Gasteiger partial charge >= 0.3 is 5.97 Å². The number of carboxylic acid groups (broad SMARTS) is 1. The molecule has 86 valence electrons. The lowest BCUT2D eigenvalue weighted by atomic mass is 9.99. The van der Waals surface area contributed by atoms with E-state index in [-0.39, 0.29) is 6.42 Å². The Labute approximate surface area is 103 Å². The van der Waals surface area contributed by atoms with Gasteiger partial charge in [-0.15, -0.1) is 0 Å². The minimum absolute atomic E-state index is 0.0635. The van der Waals surface area contributed by atoms with E-state index in [1.165, 1.54) is 6.92 Å². The number of aliphatic carboxylic acids is 1. The molecule has 0 radical (unpaired) electrons. The van der Waals surface area contributed by atoms with E-state index < -0.39 is 17.7 Å². The highest BCUT2D eigenvalue weighted by Crippen LogP contribution is 2.25. The summed E-state index contributed by atoms with van der Waals surface area (Å²) in [5.74, 6) is -2.61. The molecule has 0 aliphatic carbocycles. The van der Waals surface area contributed by atoms with Crippen LogP contribution in [-0.2, 0) is 16.0 Å². The van der Waals surface area contributed by atoms with Crippen LogP contribution in [0.4, 0.5) is 0 Å². The molecule has 0 heterocycles. The van der Waals surface area contributed by atoms with Crippen LogP contribution in [-0.4, -0.2) is 16.9 Å². The van der Waals surface area contributed by atoms with Crippen LogP contribution >= 0.6 is 23.2 Å². The summed E-state index contributed by atoms with van der Waals surface area (Å²) in [4.78, 5) is 22.2. The predicted molar refractivity (Wildman–Crippen MR) is 62.0 cm³/mol. The first-order valence-electron chi connectivity index (χ1n) is 4.62. The highest BCUT2D eigenvalue weighted by Gasteiger charge is 2.22. The van der Waals surface area contributed by atoms with Gasteiger partial charge in [-0.2, -0.15) is 0 Å². The minimum atomic E-state index is -1.15. The number of Topliss-reactive ketones (excluding diaryl/α,β-unsaturated/α-hetero) is 1. The van der Waals surface area contributed by atoms with Crippen molar-refractivity contribution in [3.05, 3.63) is 33.8 Å². The van der Waals surface area contributed by atoms with E-state index >= 15 is 0 Å². The molecule has 0 fully saturated rings. The van der Waals surface area contributed by atoms with E-state index in [0.717, 1.165) is 0 Å². The van der Waals surface area contributed by atoms with Gasteiger partial charge in [-0.05, 0) is 24.6 Å². The van der Waals surface area contributed by atoms with Gasteiger partial charge in [-0.1, -0.05) is 29.3 Å². The molecule has 1 aromatic rings. The third kappa shape index (κ3) is 2.97. The summed E-state index contributed by atoms with van der Waals surface area (Å²) in [7, 11) is 0. The van der Waals surface area contributed by atoms with Crippen molar-refractivity contribution in [2.24, 2.45) is 5.92 Å². The third-order valence-electron chi connectivity index (χ3n) is 2.27. The Bertz CT molecular complexity index is 409. The van der Waals surface area contributed by atoms with Crippen molar-refractivity contribution in [3.8, 4) is 0 Å². The van der Waals surface area contributed by atoms with Crippen molar-refractivity contribution in [1.82, 2.24) is 0 Å². The van der Waals surface area contributed by atoms with E-state index in [4.69, 9.17) is 28.3 Å². The van der Waals surface area contributed by atoms with Crippen LogP contribution in [0.15, 0.2) is 18.2 Å². The summed E-state index contributed by atoms with van der Waals surface area (Å²) in [5, 5.41) is 9.43. The predicted octanol–water partition coefficient (Wildman–Crippen LogP) is 2.83. The van der Waals surface area contributed by atoms with E-state index in [0.29, 0.717) is 15.6 Å². The highest BCUT2D eigenvalue weighted by atomic mass is 35.5. The van der Waals surface area contributed by atoms with Crippen LogP contribution in [0.5, 0.6) is 0 Å². The molecule has 1 unspecified atom stereocenters. The van der Waals surface area contributed by atoms with Gasteiger partial charge < -0.3 is 5.11 Å². The van der Waals surface area contributed by atoms with Crippen LogP contribution in [0.25, 0.3) is 0 Å². The first-order chi connectivity index (χ1) is 7.43. The number of halogens is 2. The minimum Gasteiger partial charge on any atom is -0.481 e. The lowest BCUT2D eigenvalue weighted by molar-refractivity contribution is -0.145. The van der Waals surface area contributed by atoms with Gasteiger partial charge in [-0.25, -0.2) is 0 Å². The monoisotopic (exact) mass is 260 g/mol. The van der Waals surface area contributed by atoms with Gasteiger partial charge in [0.15, 0.2) is 5.78 Å². The largest absolute Gasteiger partial charge is 0.481 e. The Morgan fingerprint density at radius 3 is 2.25 bits per heavy atom. The van der Waals surface area contributed by atoms with Gasteiger partial charge in [0.1, 0.15) is 5.92 Å². The summed E-state index contributed by atoms with van der Waals surface area (Å²) in [6, 6.07) is 4.89. The lowest BCUT2D eigenvalue weighted by Crippen LogP contribution is -2.22. The quantitative estimate of drug-likeness (QED) is 0.848. The summed E-state index contributed by atoms with van der Waals surface area (Å²) in [6.45, 7) is 1.34. The van der Waals surface area contributed by atoms with Gasteiger partial charge in [0.2, 0.25) is 0 Å². The van der Waals surface area contributed by atoms with Crippen LogP contribution in [0.2, 0.25) is 10.0 Å². The van der Waals surface area contributed by atoms with Crippen molar-refractivity contribution < 1.29 is 14.7 Å². The molecule has 0 aliphatic heterocycles. The number of hydrogen-bond acceptors (Lipinski definition) is 2. The molecule has 16 heavy (non-hydrogen) atoms. The SMILES string of the molecule is CC(C(=O)O)C(=O)Cc1c(Cl)cccc1Cl. The maximum Gasteiger partial charge on any atom is 0.313 e. The zero-order valence-electron chi connectivity index (χ0n) is 8.54. The summed E-state index contributed by atoms with van der Waals surface area (Å²) < 4.78 is 0. The molecule has 0 saturated carbocycles. The molecule has 0 aromatic heterocycles. The second-order valence-electron chi connectivity index (χ2n) is 3.40. The fourth-order valence-electron chi connectivity index (χ4n) is 1.17. The Morgan fingerprint density at radius 1 is 1.31 bits per heavy atom. The standard InChI is InChI=1S/C11H10Cl2O3/c1-6(11(15)16)10(14)5-7-8(12)3-2-4-9(7)13/h2-4,6H,5H2,1H3,(H,15,16). The second kappa shape index (κ2) is 5.32. The van der Waals surface area contributed by atoms with E-state index in [1.807, 2.05) is 0 Å². The number of hydrogen-bond donors (Lipinski definition) is 1. The summed E-state index contributed by atoms with van der Waals surface area (Å²) >= 11 is 11.7. The molecule has 0 amide bonds. The first kappa shape index (κ1) is 13.0. The maximum absolute atomic E-state index is 11.6. The lowest BCUT2D eigenvalue weighted by Gasteiger charge is -2.08. The average molecular weight is 261 g/mol. The van der Waals surface area contributed by atoms with E-state index in [1.54, 1.807) is 18.2 Å². The van der Waals surface area contributed by atoms with Gasteiger partial charge in [0.25, 0.3) is 0 Å². The van der Waals surface area contributed by atoms with Gasteiger partial charge in [-0.3, -0.25) is 9.59 Å². The van der Waals surface area contributed by atoms with Crippen molar-refractivity contribution in [3.63, 3.8) is 0 Å². The molecule has 1 aromatic carbocycles.